The van der Waals surface area contributed by atoms with Crippen LogP contribution in [-0.2, 0) is 21.7 Å². The highest BCUT2D eigenvalue weighted by atomic mass is 19.1. The first kappa shape index (κ1) is 20.8. The van der Waals surface area contributed by atoms with Crippen molar-refractivity contribution in [3.8, 4) is 5.75 Å². The van der Waals surface area contributed by atoms with Gasteiger partial charge in [-0.3, -0.25) is 4.79 Å². The Hall–Kier alpha value is -2.93. The van der Waals surface area contributed by atoms with Crippen LogP contribution in [0.4, 0.5) is 9.18 Å². The molecule has 1 saturated heterocycles. The van der Waals surface area contributed by atoms with Crippen LogP contribution >= 0.6 is 0 Å². The first-order chi connectivity index (χ1) is 14.1. The Morgan fingerprint density at radius 1 is 1.17 bits per heavy atom. The van der Waals surface area contributed by atoms with Crippen molar-refractivity contribution in [1.82, 2.24) is 4.90 Å². The Bertz CT molecular complexity index is 834. The van der Waals surface area contributed by atoms with Gasteiger partial charge in [0, 0.05) is 33.0 Å². The normalized spacial score (nSPS) is 15.6. The molecule has 7 heteroatoms. The maximum Gasteiger partial charge on any atom is 0.410 e. The summed E-state index contributed by atoms with van der Waals surface area (Å²) in [5.41, 5.74) is 0.0439. The summed E-state index contributed by atoms with van der Waals surface area (Å²) in [6.07, 6.45) is 0.483. The molecule has 0 saturated carbocycles. The van der Waals surface area contributed by atoms with Crippen molar-refractivity contribution in [2.45, 2.75) is 25.1 Å². The van der Waals surface area contributed by atoms with E-state index in [2.05, 4.69) is 0 Å². The number of likely N-dealkylation sites (tertiary alicyclic amines) is 1. The van der Waals surface area contributed by atoms with Crippen molar-refractivity contribution in [2.75, 3.05) is 27.0 Å². The molecule has 3 rings (SSSR count). The van der Waals surface area contributed by atoms with Gasteiger partial charge in [0.25, 0.3) is 0 Å². The summed E-state index contributed by atoms with van der Waals surface area (Å²) < 4.78 is 31.1. The minimum absolute atomic E-state index is 0.0371. The van der Waals surface area contributed by atoms with Crippen molar-refractivity contribution in [3.05, 3.63) is 65.2 Å². The standard InChI is InChI=1S/C22H24FNO5/c1-27-16-29-20-13-19(8-7-18(20)14-25)22(23)9-11-24(12-10-22)21(26)28-15-17-5-3-2-4-6-17/h2-8,13-14H,9-12,15-16H2,1H3. The second-order valence-electron chi connectivity index (χ2n) is 6.91. The molecule has 29 heavy (non-hydrogen) atoms. The molecule has 0 radical (unpaired) electrons. The largest absolute Gasteiger partial charge is 0.467 e. The van der Waals surface area contributed by atoms with Crippen LogP contribution in [-0.4, -0.2) is 44.3 Å². The lowest BCUT2D eigenvalue weighted by molar-refractivity contribution is 0.0374. The van der Waals surface area contributed by atoms with Gasteiger partial charge < -0.3 is 19.1 Å². The molecular weight excluding hydrogens is 377 g/mol. The van der Waals surface area contributed by atoms with Gasteiger partial charge in [0.15, 0.2) is 13.1 Å². The molecule has 1 fully saturated rings. The predicted octanol–water partition coefficient (Wildman–Crippen LogP) is 4.08. The number of piperidine rings is 1. The van der Waals surface area contributed by atoms with Crippen LogP contribution in [0.15, 0.2) is 48.5 Å². The SMILES string of the molecule is COCOc1cc(C2(F)CCN(C(=O)OCc3ccccc3)CC2)ccc1C=O. The Kier molecular flexibility index (Phi) is 6.82. The van der Waals surface area contributed by atoms with Gasteiger partial charge in [0.1, 0.15) is 18.0 Å². The number of aldehydes is 1. The first-order valence-electron chi connectivity index (χ1n) is 9.42. The van der Waals surface area contributed by atoms with Gasteiger partial charge >= 0.3 is 6.09 Å². The third kappa shape index (κ3) is 5.12. The molecule has 0 aromatic heterocycles. The molecule has 1 amide bonds. The van der Waals surface area contributed by atoms with Crippen molar-refractivity contribution in [2.24, 2.45) is 0 Å². The average Bonchev–Trinajstić information content (AvgIpc) is 2.77. The van der Waals surface area contributed by atoms with Crippen LogP contribution in [0.25, 0.3) is 0 Å². The summed E-state index contributed by atoms with van der Waals surface area (Å²) in [5, 5.41) is 0. The molecule has 6 nitrogen and oxygen atoms in total. The summed E-state index contributed by atoms with van der Waals surface area (Å²) in [6.45, 7) is 0.635. The average molecular weight is 401 g/mol. The van der Waals surface area contributed by atoms with E-state index >= 15 is 4.39 Å². The zero-order valence-electron chi connectivity index (χ0n) is 16.3. The van der Waals surface area contributed by atoms with Crippen LogP contribution in [0, 0.1) is 0 Å². The van der Waals surface area contributed by atoms with E-state index in [4.69, 9.17) is 14.2 Å². The number of rotatable bonds is 7. The molecule has 0 N–H and O–H groups in total. The highest BCUT2D eigenvalue weighted by Crippen LogP contribution is 2.39. The number of methoxy groups -OCH3 is 1. The van der Waals surface area contributed by atoms with Crippen LogP contribution in [0.1, 0.15) is 34.3 Å². The van der Waals surface area contributed by atoms with E-state index in [0.717, 1.165) is 5.56 Å². The second-order valence-corrected chi connectivity index (χ2v) is 6.91. The van der Waals surface area contributed by atoms with E-state index in [1.807, 2.05) is 30.3 Å². The molecule has 2 aromatic rings. The van der Waals surface area contributed by atoms with Crippen LogP contribution in [0.5, 0.6) is 5.75 Å². The van der Waals surface area contributed by atoms with Crippen molar-refractivity contribution in [1.29, 1.82) is 0 Å². The van der Waals surface area contributed by atoms with Crippen LogP contribution in [0.2, 0.25) is 0 Å². The maximum absolute atomic E-state index is 15.6. The molecule has 1 aliphatic heterocycles. The third-order valence-electron chi connectivity index (χ3n) is 5.01. The van der Waals surface area contributed by atoms with Gasteiger partial charge in [0.05, 0.1) is 5.56 Å². The number of alkyl halides is 1. The van der Waals surface area contributed by atoms with Crippen molar-refractivity contribution >= 4 is 12.4 Å². The molecule has 1 heterocycles. The minimum atomic E-state index is -1.61. The van der Waals surface area contributed by atoms with Gasteiger partial charge in [-0.2, -0.15) is 0 Å². The quantitative estimate of drug-likeness (QED) is 0.517. The van der Waals surface area contributed by atoms with E-state index in [9.17, 15) is 9.59 Å². The van der Waals surface area contributed by atoms with Gasteiger partial charge in [-0.05, 0) is 23.3 Å². The monoisotopic (exact) mass is 401 g/mol. The number of benzene rings is 2. The fourth-order valence-electron chi connectivity index (χ4n) is 3.30. The van der Waals surface area contributed by atoms with Gasteiger partial charge in [-0.15, -0.1) is 0 Å². The second kappa shape index (κ2) is 9.52. The first-order valence-corrected chi connectivity index (χ1v) is 9.42. The fourth-order valence-corrected chi connectivity index (χ4v) is 3.30. The Balaban J connectivity index is 1.61. The van der Waals surface area contributed by atoms with E-state index in [0.29, 0.717) is 17.4 Å². The van der Waals surface area contributed by atoms with Gasteiger partial charge in [-0.25, -0.2) is 9.18 Å². The maximum atomic E-state index is 15.6. The molecule has 0 aliphatic carbocycles. The summed E-state index contributed by atoms with van der Waals surface area (Å²) >= 11 is 0. The van der Waals surface area contributed by atoms with Gasteiger partial charge in [0.2, 0.25) is 0 Å². The van der Waals surface area contributed by atoms with E-state index < -0.39 is 11.8 Å². The number of halogens is 1. The number of ether oxygens (including phenoxy) is 3. The lowest BCUT2D eigenvalue weighted by Crippen LogP contribution is -2.43. The van der Waals surface area contributed by atoms with Crippen molar-refractivity contribution < 1.29 is 28.2 Å². The Morgan fingerprint density at radius 2 is 1.90 bits per heavy atom. The molecular formula is C22H24FNO5. The lowest BCUT2D eigenvalue weighted by atomic mass is 9.85. The number of carbonyl (C=O) groups excluding carboxylic acids is 2. The molecule has 0 atom stereocenters. The lowest BCUT2D eigenvalue weighted by Gasteiger charge is -2.36. The van der Waals surface area contributed by atoms with Gasteiger partial charge in [-0.1, -0.05) is 36.4 Å². The number of carbonyl (C=O) groups is 2. The molecule has 1 aliphatic rings. The van der Waals surface area contributed by atoms with E-state index in [1.54, 1.807) is 6.07 Å². The van der Waals surface area contributed by atoms with E-state index in [-0.39, 0.29) is 45.1 Å². The highest BCUT2D eigenvalue weighted by Gasteiger charge is 2.38. The molecule has 2 aromatic carbocycles. The number of amides is 1. The number of hydrogen-bond acceptors (Lipinski definition) is 5. The molecule has 0 unspecified atom stereocenters. The minimum Gasteiger partial charge on any atom is -0.467 e. The summed E-state index contributed by atoms with van der Waals surface area (Å²) in [6, 6.07) is 14.1. The topological polar surface area (TPSA) is 65.1 Å². The smallest absolute Gasteiger partial charge is 0.410 e. The number of nitrogens with zero attached hydrogens (tertiary/aromatic N) is 1. The van der Waals surface area contributed by atoms with Crippen LogP contribution < -0.4 is 4.74 Å². The summed E-state index contributed by atoms with van der Waals surface area (Å²) in [4.78, 5) is 25.0. The Morgan fingerprint density at radius 3 is 2.55 bits per heavy atom. The van der Waals surface area contributed by atoms with Crippen LogP contribution in [0.3, 0.4) is 0 Å². The van der Waals surface area contributed by atoms with E-state index in [1.165, 1.54) is 24.1 Å². The fraction of sp³-hybridized carbons (Fsp3) is 0.364. The molecule has 154 valence electrons. The molecule has 0 bridgehead atoms. The molecule has 0 spiro atoms. The predicted molar refractivity (Wildman–Crippen MR) is 105 cm³/mol. The highest BCUT2D eigenvalue weighted by molar-refractivity contribution is 5.79. The zero-order valence-corrected chi connectivity index (χ0v) is 16.3. The summed E-state index contributed by atoms with van der Waals surface area (Å²) in [5.74, 6) is 0.279. The summed E-state index contributed by atoms with van der Waals surface area (Å²) in [7, 11) is 1.47. The third-order valence-corrected chi connectivity index (χ3v) is 5.01. The number of hydrogen-bond donors (Lipinski definition) is 0. The zero-order chi connectivity index (χ0) is 20.7. The Labute approximate surface area is 169 Å². The van der Waals surface area contributed by atoms with Crippen molar-refractivity contribution in [3.63, 3.8) is 0 Å².